The van der Waals surface area contributed by atoms with Gasteiger partial charge in [-0.3, -0.25) is 19.7 Å². The smallest absolute Gasteiger partial charge is 0.260 e. The van der Waals surface area contributed by atoms with Crippen molar-refractivity contribution >= 4 is 23.6 Å². The molecular weight excluding hydrogens is 426 g/mol. The van der Waals surface area contributed by atoms with E-state index in [4.69, 9.17) is 0 Å². The predicted molar refractivity (Wildman–Crippen MR) is 126 cm³/mol. The summed E-state index contributed by atoms with van der Waals surface area (Å²) in [5, 5.41) is 11.5. The Morgan fingerprint density at radius 3 is 2.44 bits per heavy atom. The minimum Gasteiger partial charge on any atom is -0.339 e. The third-order valence-corrected chi connectivity index (χ3v) is 7.03. The maximum atomic E-state index is 12.5. The van der Waals surface area contributed by atoms with Crippen molar-refractivity contribution in [3.05, 3.63) is 75.5 Å². The number of hydrogen-bond acceptors (Lipinski definition) is 5. The summed E-state index contributed by atoms with van der Waals surface area (Å²) in [6, 6.07) is 8.03. The molecule has 1 aromatic carbocycles. The summed E-state index contributed by atoms with van der Waals surface area (Å²) in [7, 11) is 0. The fraction of sp³-hybridized carbons (Fsp3) is 0.417. The predicted octanol–water partition coefficient (Wildman–Crippen LogP) is 4.01. The molecule has 1 saturated heterocycles. The molecule has 0 saturated carbocycles. The van der Waals surface area contributed by atoms with E-state index in [0.29, 0.717) is 44.1 Å². The van der Waals surface area contributed by atoms with Crippen LogP contribution in [0.4, 0.5) is 0 Å². The first-order valence-electron chi connectivity index (χ1n) is 10.8. The van der Waals surface area contributed by atoms with Gasteiger partial charge >= 0.3 is 0 Å². The number of carbonyl (C=O) groups is 2. The van der Waals surface area contributed by atoms with Crippen LogP contribution in [0, 0.1) is 10.1 Å². The molecule has 1 aromatic rings. The molecule has 1 unspecified atom stereocenters. The third-order valence-electron chi connectivity index (χ3n) is 5.69. The number of nitrogens with zero attached hydrogens (tertiary/aromatic N) is 3. The van der Waals surface area contributed by atoms with Gasteiger partial charge in [0.2, 0.25) is 11.8 Å². The lowest BCUT2D eigenvalue weighted by Crippen LogP contribution is -2.49. The quantitative estimate of drug-likeness (QED) is 0.368. The van der Waals surface area contributed by atoms with Crippen molar-refractivity contribution in [2.24, 2.45) is 0 Å². The highest BCUT2D eigenvalue weighted by molar-refractivity contribution is 8.00. The largest absolute Gasteiger partial charge is 0.339 e. The van der Waals surface area contributed by atoms with Crippen molar-refractivity contribution in [2.75, 3.05) is 26.2 Å². The highest BCUT2D eigenvalue weighted by Crippen LogP contribution is 2.38. The summed E-state index contributed by atoms with van der Waals surface area (Å²) in [6.45, 7) is 7.80. The van der Waals surface area contributed by atoms with Crippen LogP contribution in [0.2, 0.25) is 0 Å². The van der Waals surface area contributed by atoms with Gasteiger partial charge in [-0.05, 0) is 35.6 Å². The first-order valence-corrected chi connectivity index (χ1v) is 11.7. The molecule has 8 heteroatoms. The summed E-state index contributed by atoms with van der Waals surface area (Å²) >= 11 is 1.52. The van der Waals surface area contributed by atoms with Gasteiger partial charge in [-0.15, -0.1) is 11.8 Å². The van der Waals surface area contributed by atoms with Crippen molar-refractivity contribution in [3.8, 4) is 0 Å². The number of nitro groups is 1. The van der Waals surface area contributed by atoms with Gasteiger partial charge in [0.1, 0.15) is 5.25 Å². The van der Waals surface area contributed by atoms with Gasteiger partial charge in [0.15, 0.2) is 0 Å². The van der Waals surface area contributed by atoms with Gasteiger partial charge in [0.25, 0.3) is 5.70 Å². The second-order valence-electron chi connectivity index (χ2n) is 8.23. The zero-order valence-electron chi connectivity index (χ0n) is 18.7. The van der Waals surface area contributed by atoms with Crippen molar-refractivity contribution < 1.29 is 14.5 Å². The first-order chi connectivity index (χ1) is 15.3. The molecule has 1 heterocycles. The van der Waals surface area contributed by atoms with Gasteiger partial charge in [-0.2, -0.15) is 0 Å². The Morgan fingerprint density at radius 2 is 1.81 bits per heavy atom. The Bertz CT molecular complexity index is 975. The molecule has 0 N–H and O–H groups in total. The third kappa shape index (κ3) is 5.88. The van der Waals surface area contributed by atoms with E-state index in [1.807, 2.05) is 24.3 Å². The molecule has 0 bridgehead atoms. The van der Waals surface area contributed by atoms with E-state index < -0.39 is 0 Å². The summed E-state index contributed by atoms with van der Waals surface area (Å²) in [4.78, 5) is 39.8. The Morgan fingerprint density at radius 1 is 1.16 bits per heavy atom. The van der Waals surface area contributed by atoms with Gasteiger partial charge in [0, 0.05) is 50.2 Å². The molecule has 3 rings (SSSR count). The minimum atomic E-state index is -0.320. The van der Waals surface area contributed by atoms with Crippen molar-refractivity contribution in [2.45, 2.75) is 43.3 Å². The molecule has 32 heavy (non-hydrogen) atoms. The zero-order valence-corrected chi connectivity index (χ0v) is 19.5. The van der Waals surface area contributed by atoms with Gasteiger partial charge < -0.3 is 9.80 Å². The zero-order chi connectivity index (χ0) is 23.3. The number of amides is 2. The van der Waals surface area contributed by atoms with Crippen LogP contribution >= 0.6 is 11.8 Å². The SMILES string of the molecule is CC(=O)N1CCN(C(=O)/C=C/C2=CCC(Sc3ccccc3C(C)C)C([N+](=O)[O-])=C2)CC1. The highest BCUT2D eigenvalue weighted by atomic mass is 32.2. The summed E-state index contributed by atoms with van der Waals surface area (Å²) < 4.78 is 0. The molecule has 0 aromatic heterocycles. The molecular formula is C24H29N3O4S. The molecule has 2 aliphatic rings. The van der Waals surface area contributed by atoms with E-state index in [-0.39, 0.29) is 27.7 Å². The molecule has 170 valence electrons. The van der Waals surface area contributed by atoms with Crippen molar-refractivity contribution in [3.63, 3.8) is 0 Å². The number of allylic oxidation sites excluding steroid dienone is 4. The average Bonchev–Trinajstić information content (AvgIpc) is 2.78. The monoisotopic (exact) mass is 455 g/mol. The maximum absolute atomic E-state index is 12.5. The Hall–Kier alpha value is -2.87. The summed E-state index contributed by atoms with van der Waals surface area (Å²) in [5.41, 5.74) is 2.00. The summed E-state index contributed by atoms with van der Waals surface area (Å²) in [5.74, 6) is 0.205. The topological polar surface area (TPSA) is 83.8 Å². The first kappa shape index (κ1) is 23.8. The Kier molecular flexibility index (Phi) is 7.90. The van der Waals surface area contributed by atoms with Crippen LogP contribution in [0.3, 0.4) is 0 Å². The minimum absolute atomic E-state index is 0.0147. The fourth-order valence-corrected chi connectivity index (χ4v) is 5.18. The number of benzene rings is 1. The average molecular weight is 456 g/mol. The van der Waals surface area contributed by atoms with Crippen LogP contribution in [-0.2, 0) is 9.59 Å². The van der Waals surface area contributed by atoms with Crippen LogP contribution < -0.4 is 0 Å². The fourth-order valence-electron chi connectivity index (χ4n) is 3.81. The lowest BCUT2D eigenvalue weighted by atomic mass is 10.0. The van der Waals surface area contributed by atoms with E-state index in [0.717, 1.165) is 4.90 Å². The lowest BCUT2D eigenvalue weighted by molar-refractivity contribution is -0.427. The van der Waals surface area contributed by atoms with Gasteiger partial charge in [0.05, 0.1) is 4.92 Å². The second-order valence-corrected chi connectivity index (χ2v) is 9.47. The van der Waals surface area contributed by atoms with Crippen LogP contribution in [0.1, 0.15) is 38.7 Å². The normalized spacial score (nSPS) is 19.2. The van der Waals surface area contributed by atoms with E-state index in [9.17, 15) is 19.7 Å². The molecule has 1 atom stereocenters. The van der Waals surface area contributed by atoms with Crippen LogP contribution in [0.15, 0.2) is 64.7 Å². The molecule has 1 aliphatic heterocycles. The summed E-state index contributed by atoms with van der Waals surface area (Å²) in [6.07, 6.45) is 7.14. The van der Waals surface area contributed by atoms with Gasteiger partial charge in [-0.25, -0.2) is 0 Å². The van der Waals surface area contributed by atoms with Crippen molar-refractivity contribution in [1.82, 2.24) is 9.80 Å². The maximum Gasteiger partial charge on any atom is 0.260 e. The number of thioether (sulfide) groups is 1. The molecule has 1 fully saturated rings. The molecule has 1 aliphatic carbocycles. The lowest BCUT2D eigenvalue weighted by Gasteiger charge is -2.33. The van der Waals surface area contributed by atoms with E-state index in [2.05, 4.69) is 19.9 Å². The van der Waals surface area contributed by atoms with Gasteiger partial charge in [-0.1, -0.05) is 38.1 Å². The van der Waals surface area contributed by atoms with Crippen LogP contribution in [0.25, 0.3) is 0 Å². The van der Waals surface area contributed by atoms with E-state index in [1.165, 1.54) is 30.3 Å². The molecule has 2 amide bonds. The number of carbonyl (C=O) groups excluding carboxylic acids is 2. The number of hydrogen-bond donors (Lipinski definition) is 0. The molecule has 0 radical (unpaired) electrons. The van der Waals surface area contributed by atoms with Crippen LogP contribution in [-0.4, -0.2) is 58.0 Å². The Balaban J connectivity index is 1.66. The van der Waals surface area contributed by atoms with E-state index in [1.54, 1.807) is 22.0 Å². The number of rotatable bonds is 6. The Labute approximate surface area is 193 Å². The standard InChI is InChI=1S/C24H29N3O4S/c1-17(2)20-6-4-5-7-22(20)32-23-10-8-19(16-21(23)27(30)31)9-11-24(29)26-14-12-25(13-15-26)18(3)28/h4-9,11,16-17,23H,10,12-15H2,1-3H3/b11-9+. The van der Waals surface area contributed by atoms with Crippen LogP contribution in [0.5, 0.6) is 0 Å². The van der Waals surface area contributed by atoms with Crippen molar-refractivity contribution in [1.29, 1.82) is 0 Å². The molecule has 0 spiro atoms. The second kappa shape index (κ2) is 10.6. The van der Waals surface area contributed by atoms with E-state index >= 15 is 0 Å². The highest BCUT2D eigenvalue weighted by Gasteiger charge is 2.29. The number of piperazine rings is 1. The molecule has 7 nitrogen and oxygen atoms in total.